The molecular formula is C42H68ClN8O13P. The molecule has 0 aliphatic carbocycles. The van der Waals surface area contributed by atoms with E-state index in [0.717, 1.165) is 43.2 Å². The molecule has 0 radical (unpaired) electrons. The minimum absolute atomic E-state index is 0.107. The largest absolute Gasteiger partial charge is 0.400 e. The van der Waals surface area contributed by atoms with E-state index in [0.29, 0.717) is 147 Å². The first-order valence-electron chi connectivity index (χ1n) is 22.0. The average molecular weight is 959 g/mol. The summed E-state index contributed by atoms with van der Waals surface area (Å²) in [4.78, 5) is 30.0. The van der Waals surface area contributed by atoms with E-state index < -0.39 is 8.38 Å². The van der Waals surface area contributed by atoms with Gasteiger partial charge in [-0.25, -0.2) is 19.3 Å². The quantitative estimate of drug-likeness (QED) is 0.0436. The van der Waals surface area contributed by atoms with E-state index in [4.69, 9.17) is 83.8 Å². The number of aliphatic hydroxyl groups is 1. The molecule has 1 aliphatic heterocycles. The van der Waals surface area contributed by atoms with Crippen molar-refractivity contribution in [1.82, 2.24) is 34.7 Å². The number of hydrogen-bond acceptors (Lipinski definition) is 19. The van der Waals surface area contributed by atoms with Crippen LogP contribution in [-0.2, 0) is 67.1 Å². The van der Waals surface area contributed by atoms with E-state index in [1.54, 1.807) is 15.6 Å². The maximum atomic E-state index is 9.16. The summed E-state index contributed by atoms with van der Waals surface area (Å²) in [6, 6.07) is 7.73. The molecule has 1 aromatic carbocycles. The first-order valence-corrected chi connectivity index (χ1v) is 23.8. The molecule has 1 aliphatic rings. The highest BCUT2D eigenvalue weighted by atomic mass is 35.5. The second kappa shape index (κ2) is 33.4. The molecule has 0 bridgehead atoms. The number of nitrogens with zero attached hydrogens (tertiary/aromatic N) is 8. The fraction of sp³-hybridized carbons (Fsp3) is 0.690. The highest BCUT2D eigenvalue weighted by molar-refractivity contribution is 7.44. The van der Waals surface area contributed by atoms with Crippen LogP contribution in [0.15, 0.2) is 36.7 Å². The van der Waals surface area contributed by atoms with Crippen molar-refractivity contribution in [1.29, 1.82) is 0 Å². The van der Waals surface area contributed by atoms with Crippen LogP contribution < -0.4 is 4.90 Å². The fourth-order valence-electron chi connectivity index (χ4n) is 6.41. The summed E-state index contributed by atoms with van der Waals surface area (Å²) in [6.07, 6.45) is 5.45. The van der Waals surface area contributed by atoms with E-state index in [1.165, 1.54) is 0 Å². The summed E-state index contributed by atoms with van der Waals surface area (Å²) in [5.41, 5.74) is 2.35. The Kier molecular flexibility index (Phi) is 28.0. The smallest absolute Gasteiger partial charge is 0.192 e. The molecule has 21 nitrogen and oxygen atoms in total. The SMILES string of the molecule is CCCOCCOCCOCCOCCn1cc(COCCOCCOCCOCCN(Cc2ccccc2Cl)c2nc(C)nc3c2cnn3C2CCC(COCP(O)O)O2)nn1.CO. The zero-order valence-electron chi connectivity index (χ0n) is 37.9. The van der Waals surface area contributed by atoms with Crippen LogP contribution in [0.5, 0.6) is 0 Å². The molecule has 1 fully saturated rings. The Morgan fingerprint density at radius 1 is 0.785 bits per heavy atom. The average Bonchev–Trinajstić information content (AvgIpc) is 4.08. The molecule has 2 unspecified atom stereocenters. The molecule has 65 heavy (non-hydrogen) atoms. The third-order valence-corrected chi connectivity index (χ3v) is 10.2. The van der Waals surface area contributed by atoms with Crippen LogP contribution in [0.25, 0.3) is 11.0 Å². The Balaban J connectivity index is 0.00000456. The van der Waals surface area contributed by atoms with Gasteiger partial charge in [0.05, 0.1) is 136 Å². The number of fused-ring (bicyclic) bond motifs is 1. The molecule has 4 heterocycles. The van der Waals surface area contributed by atoms with Crippen LogP contribution in [0.1, 0.15) is 49.5 Å². The van der Waals surface area contributed by atoms with Crippen LogP contribution in [-0.4, -0.2) is 181 Å². The van der Waals surface area contributed by atoms with Crippen LogP contribution in [0.3, 0.4) is 0 Å². The summed E-state index contributed by atoms with van der Waals surface area (Å²) in [5.74, 6) is 1.31. The lowest BCUT2D eigenvalue weighted by Gasteiger charge is -2.25. The third kappa shape index (κ3) is 21.2. The zero-order chi connectivity index (χ0) is 46.3. The van der Waals surface area contributed by atoms with Crippen molar-refractivity contribution in [2.45, 2.75) is 65.1 Å². The number of anilines is 1. The molecule has 366 valence electrons. The van der Waals surface area contributed by atoms with Gasteiger partial charge in [-0.05, 0) is 37.8 Å². The third-order valence-electron chi connectivity index (χ3n) is 9.42. The van der Waals surface area contributed by atoms with Gasteiger partial charge in [-0.2, -0.15) is 5.10 Å². The van der Waals surface area contributed by atoms with E-state index in [1.807, 2.05) is 37.4 Å². The topological polar surface area (TPSA) is 231 Å². The van der Waals surface area contributed by atoms with Crippen molar-refractivity contribution < 1.29 is 62.3 Å². The van der Waals surface area contributed by atoms with Crippen LogP contribution in [0.2, 0.25) is 5.02 Å². The highest BCUT2D eigenvalue weighted by Gasteiger charge is 2.30. The van der Waals surface area contributed by atoms with Crippen molar-refractivity contribution in [2.75, 3.05) is 131 Å². The van der Waals surface area contributed by atoms with Gasteiger partial charge < -0.3 is 67.2 Å². The highest BCUT2D eigenvalue weighted by Crippen LogP contribution is 2.34. The minimum Gasteiger partial charge on any atom is -0.400 e. The van der Waals surface area contributed by atoms with Gasteiger partial charge in [0.1, 0.15) is 23.7 Å². The molecule has 1 saturated heterocycles. The van der Waals surface area contributed by atoms with Crippen molar-refractivity contribution in [3.8, 4) is 0 Å². The number of aromatic nitrogens is 7. The van der Waals surface area contributed by atoms with Gasteiger partial charge in [0.25, 0.3) is 0 Å². The lowest BCUT2D eigenvalue weighted by Crippen LogP contribution is -2.29. The van der Waals surface area contributed by atoms with Crippen molar-refractivity contribution >= 4 is 36.8 Å². The van der Waals surface area contributed by atoms with E-state index in [2.05, 4.69) is 27.2 Å². The summed E-state index contributed by atoms with van der Waals surface area (Å²) < 4.78 is 60.1. The maximum Gasteiger partial charge on any atom is 0.192 e. The molecule has 4 aromatic rings. The maximum absolute atomic E-state index is 9.16. The Labute approximate surface area is 387 Å². The number of halogens is 1. The number of ether oxygens (including phenoxy) is 10. The van der Waals surface area contributed by atoms with E-state index >= 15 is 0 Å². The predicted molar refractivity (Wildman–Crippen MR) is 242 cm³/mol. The summed E-state index contributed by atoms with van der Waals surface area (Å²) in [7, 11) is -1.11. The Bertz CT molecular complexity index is 1830. The molecule has 0 saturated carbocycles. The lowest BCUT2D eigenvalue weighted by molar-refractivity contribution is -0.0384. The van der Waals surface area contributed by atoms with Crippen LogP contribution in [0, 0.1) is 6.92 Å². The molecule has 23 heteroatoms. The van der Waals surface area contributed by atoms with Gasteiger partial charge in [-0.15, -0.1) is 5.10 Å². The fourth-order valence-corrected chi connectivity index (χ4v) is 6.87. The van der Waals surface area contributed by atoms with Crippen LogP contribution in [0.4, 0.5) is 5.82 Å². The normalized spacial score (nSPS) is 15.0. The summed E-state index contributed by atoms with van der Waals surface area (Å²) in [6.45, 7) is 13.6. The zero-order valence-corrected chi connectivity index (χ0v) is 39.6. The monoisotopic (exact) mass is 958 g/mol. The van der Waals surface area contributed by atoms with Crippen molar-refractivity contribution in [3.05, 3.63) is 58.8 Å². The molecular weight excluding hydrogens is 891 g/mol. The number of aryl methyl sites for hydroxylation is 1. The molecule has 2 atom stereocenters. The summed E-state index contributed by atoms with van der Waals surface area (Å²) in [5, 5.41) is 21.4. The number of rotatable bonds is 36. The second-order valence-corrected chi connectivity index (χ2v) is 15.8. The van der Waals surface area contributed by atoms with Gasteiger partial charge in [0.15, 0.2) is 20.3 Å². The minimum atomic E-state index is -2.11. The van der Waals surface area contributed by atoms with Gasteiger partial charge in [-0.1, -0.05) is 41.9 Å². The Hall–Kier alpha value is -3.09. The van der Waals surface area contributed by atoms with Gasteiger partial charge in [0.2, 0.25) is 0 Å². The van der Waals surface area contributed by atoms with Gasteiger partial charge in [-0.3, -0.25) is 0 Å². The molecule has 0 spiro atoms. The van der Waals surface area contributed by atoms with Gasteiger partial charge in [0, 0.05) is 31.8 Å². The summed E-state index contributed by atoms with van der Waals surface area (Å²) >= 11 is 6.60. The number of hydrogen-bond donors (Lipinski definition) is 3. The first-order chi connectivity index (χ1) is 31.9. The van der Waals surface area contributed by atoms with Crippen molar-refractivity contribution in [2.24, 2.45) is 0 Å². The molecule has 0 amide bonds. The van der Waals surface area contributed by atoms with Crippen LogP contribution >= 0.6 is 20.0 Å². The molecule has 5 rings (SSSR count). The predicted octanol–water partition coefficient (Wildman–Crippen LogP) is 3.69. The van der Waals surface area contributed by atoms with Crippen molar-refractivity contribution in [3.63, 3.8) is 0 Å². The lowest BCUT2D eigenvalue weighted by atomic mass is 10.2. The van der Waals surface area contributed by atoms with E-state index in [-0.39, 0.29) is 25.3 Å². The number of benzene rings is 1. The van der Waals surface area contributed by atoms with E-state index in [9.17, 15) is 0 Å². The first kappa shape index (κ1) is 54.5. The Morgan fingerprint density at radius 3 is 2.05 bits per heavy atom. The second-order valence-electron chi connectivity index (χ2n) is 14.4. The Morgan fingerprint density at radius 2 is 1.40 bits per heavy atom. The standard InChI is InChI=1S/C41H64ClN8O12P.CH4O/c1-3-12-53-15-18-56-21-22-58-20-17-55-14-11-49-29-35(46-47-49)30-60-26-25-59-24-23-57-19-16-54-13-10-48(28-34-6-4-5-7-38(34)42)40-37-27-43-50(41(37)45-33(2)44-40)39-9-8-36(62-39)31-61-32-63(51)52;1-2/h4-7,27,29,36,39,51-52H,3,8-26,28,30-32H2,1-2H3;2H,1H3. The molecule has 3 N–H and O–H groups in total. The van der Waals surface area contributed by atoms with Gasteiger partial charge >= 0.3 is 0 Å². The molecule has 3 aromatic heterocycles. The number of aliphatic hydroxyl groups excluding tert-OH is 1.